The highest BCUT2D eigenvalue weighted by molar-refractivity contribution is 7.88. The van der Waals surface area contributed by atoms with E-state index in [4.69, 9.17) is 0 Å². The third-order valence-electron chi connectivity index (χ3n) is 4.43. The maximum Gasteiger partial charge on any atom is 0.211 e. The van der Waals surface area contributed by atoms with Crippen LogP contribution < -0.4 is 0 Å². The Morgan fingerprint density at radius 1 is 1.22 bits per heavy atom. The van der Waals surface area contributed by atoms with E-state index in [1.54, 1.807) is 18.6 Å². The summed E-state index contributed by atoms with van der Waals surface area (Å²) in [5.74, 6) is 0.954. The van der Waals surface area contributed by atoms with Gasteiger partial charge in [-0.3, -0.25) is 9.97 Å². The zero-order valence-electron chi connectivity index (χ0n) is 13.6. The summed E-state index contributed by atoms with van der Waals surface area (Å²) in [5, 5.41) is 0. The van der Waals surface area contributed by atoms with Crippen molar-refractivity contribution in [2.75, 3.05) is 19.3 Å². The van der Waals surface area contributed by atoms with Crippen LogP contribution in [0.4, 0.5) is 0 Å². The zero-order valence-corrected chi connectivity index (χ0v) is 14.4. The Labute approximate surface area is 136 Å². The number of sulfonamides is 1. The molecule has 0 N–H and O–H groups in total. The van der Waals surface area contributed by atoms with Crippen molar-refractivity contribution in [3.63, 3.8) is 0 Å². The predicted molar refractivity (Wildman–Crippen MR) is 87.4 cm³/mol. The van der Waals surface area contributed by atoms with Crippen LogP contribution in [0.2, 0.25) is 0 Å². The van der Waals surface area contributed by atoms with Gasteiger partial charge in [-0.2, -0.15) is 0 Å². The monoisotopic (exact) mass is 335 g/mol. The lowest BCUT2D eigenvalue weighted by Crippen LogP contribution is -2.38. The van der Waals surface area contributed by atoms with Crippen molar-refractivity contribution in [1.82, 2.24) is 23.8 Å². The summed E-state index contributed by atoms with van der Waals surface area (Å²) in [7, 11) is -1.24. The smallest absolute Gasteiger partial charge is 0.211 e. The average molecular weight is 335 g/mol. The highest BCUT2D eigenvalue weighted by Gasteiger charge is 2.30. The van der Waals surface area contributed by atoms with Crippen molar-refractivity contribution in [1.29, 1.82) is 0 Å². The summed E-state index contributed by atoms with van der Waals surface area (Å²) < 4.78 is 27.2. The Balaban J connectivity index is 1.99. The highest BCUT2D eigenvalue weighted by atomic mass is 32.2. The zero-order chi connectivity index (χ0) is 16.6. The molecule has 2 aromatic heterocycles. The molecule has 0 amide bonds. The molecule has 8 heteroatoms. The van der Waals surface area contributed by atoms with Crippen molar-refractivity contribution in [2.24, 2.45) is 7.05 Å². The van der Waals surface area contributed by atoms with Crippen molar-refractivity contribution in [2.45, 2.75) is 25.7 Å². The van der Waals surface area contributed by atoms with Gasteiger partial charge < -0.3 is 4.57 Å². The molecule has 3 rings (SSSR count). The molecule has 1 aliphatic rings. The van der Waals surface area contributed by atoms with E-state index in [2.05, 4.69) is 15.0 Å². The van der Waals surface area contributed by atoms with Crippen LogP contribution in [0, 0.1) is 6.92 Å². The summed E-state index contributed by atoms with van der Waals surface area (Å²) in [5.41, 5.74) is 2.54. The Morgan fingerprint density at radius 2 is 1.96 bits per heavy atom. The van der Waals surface area contributed by atoms with Gasteiger partial charge in [0, 0.05) is 38.4 Å². The molecular formula is C15H21N5O2S. The Kier molecular flexibility index (Phi) is 4.20. The van der Waals surface area contributed by atoms with Crippen LogP contribution in [-0.4, -0.2) is 51.6 Å². The van der Waals surface area contributed by atoms with Crippen molar-refractivity contribution in [3.8, 4) is 11.4 Å². The van der Waals surface area contributed by atoms with E-state index in [1.807, 2.05) is 18.5 Å². The molecule has 23 heavy (non-hydrogen) atoms. The van der Waals surface area contributed by atoms with E-state index < -0.39 is 10.0 Å². The number of nitrogens with zero attached hydrogens (tertiary/aromatic N) is 5. The van der Waals surface area contributed by atoms with E-state index in [0.717, 1.165) is 35.7 Å². The minimum atomic E-state index is -3.18. The fourth-order valence-electron chi connectivity index (χ4n) is 3.03. The molecule has 1 atom stereocenters. The van der Waals surface area contributed by atoms with E-state index in [0.29, 0.717) is 13.1 Å². The second-order valence-corrected chi connectivity index (χ2v) is 7.98. The van der Waals surface area contributed by atoms with Gasteiger partial charge in [-0.1, -0.05) is 0 Å². The van der Waals surface area contributed by atoms with Gasteiger partial charge >= 0.3 is 0 Å². The molecule has 0 saturated carbocycles. The molecule has 1 aliphatic heterocycles. The first-order valence-electron chi connectivity index (χ1n) is 7.62. The van der Waals surface area contributed by atoms with Crippen LogP contribution in [0.5, 0.6) is 0 Å². The predicted octanol–water partition coefficient (Wildman–Crippen LogP) is 1.32. The fraction of sp³-hybridized carbons (Fsp3) is 0.533. The molecule has 1 saturated heterocycles. The fourth-order valence-corrected chi connectivity index (χ4v) is 3.95. The lowest BCUT2D eigenvalue weighted by molar-refractivity contribution is 0.314. The Morgan fingerprint density at radius 3 is 2.61 bits per heavy atom. The Bertz CT molecular complexity index is 815. The van der Waals surface area contributed by atoms with Gasteiger partial charge in [0.05, 0.1) is 23.8 Å². The quantitative estimate of drug-likeness (QED) is 0.845. The number of aromatic nitrogens is 4. The highest BCUT2D eigenvalue weighted by Crippen LogP contribution is 2.32. The summed E-state index contributed by atoms with van der Waals surface area (Å²) in [4.78, 5) is 13.3. The number of imidazole rings is 1. The number of piperidine rings is 1. The van der Waals surface area contributed by atoms with Crippen LogP contribution in [0.3, 0.4) is 0 Å². The van der Waals surface area contributed by atoms with Crippen molar-refractivity contribution >= 4 is 10.0 Å². The summed E-state index contributed by atoms with van der Waals surface area (Å²) in [6, 6.07) is 0. The average Bonchev–Trinajstić information content (AvgIpc) is 2.86. The Hall–Kier alpha value is -1.80. The SMILES string of the molecule is Cc1ncc(-c2nccnc2[C@@H]2CCCN(S(C)(=O)=O)C2)n1C. The summed E-state index contributed by atoms with van der Waals surface area (Å²) >= 11 is 0. The molecule has 0 radical (unpaired) electrons. The summed E-state index contributed by atoms with van der Waals surface area (Å²) in [6.45, 7) is 2.97. The first kappa shape index (κ1) is 16.1. The van der Waals surface area contributed by atoms with E-state index in [9.17, 15) is 8.42 Å². The number of hydrogen-bond donors (Lipinski definition) is 0. The van der Waals surface area contributed by atoms with E-state index in [-0.39, 0.29) is 5.92 Å². The number of rotatable bonds is 3. The van der Waals surface area contributed by atoms with Gasteiger partial charge in [0.1, 0.15) is 11.5 Å². The van der Waals surface area contributed by atoms with Crippen LogP contribution in [-0.2, 0) is 17.1 Å². The van der Waals surface area contributed by atoms with E-state index in [1.165, 1.54) is 10.6 Å². The molecule has 0 bridgehead atoms. The van der Waals surface area contributed by atoms with Gasteiger partial charge in [0.2, 0.25) is 10.0 Å². The lowest BCUT2D eigenvalue weighted by Gasteiger charge is -2.31. The van der Waals surface area contributed by atoms with Crippen LogP contribution in [0.15, 0.2) is 18.6 Å². The van der Waals surface area contributed by atoms with Crippen molar-refractivity contribution in [3.05, 3.63) is 30.1 Å². The van der Waals surface area contributed by atoms with Crippen LogP contribution in [0.25, 0.3) is 11.4 Å². The molecule has 3 heterocycles. The molecule has 0 aliphatic carbocycles. The molecule has 2 aromatic rings. The molecular weight excluding hydrogens is 314 g/mol. The van der Waals surface area contributed by atoms with Gasteiger partial charge in [-0.15, -0.1) is 0 Å². The van der Waals surface area contributed by atoms with Crippen LogP contribution in [0.1, 0.15) is 30.3 Å². The topological polar surface area (TPSA) is 81.0 Å². The standard InChI is InChI=1S/C15H21N5O2S/c1-11-18-9-13(19(11)2)15-14(16-6-7-17-15)12-5-4-8-20(10-12)23(3,21)22/h6-7,9,12H,4-5,8,10H2,1-3H3/t12-/m1/s1. The largest absolute Gasteiger partial charge is 0.330 e. The lowest BCUT2D eigenvalue weighted by atomic mass is 9.93. The van der Waals surface area contributed by atoms with Gasteiger partial charge in [0.15, 0.2) is 0 Å². The second kappa shape index (κ2) is 6.01. The second-order valence-electron chi connectivity index (χ2n) is 6.00. The van der Waals surface area contributed by atoms with Gasteiger partial charge in [0.25, 0.3) is 0 Å². The normalized spacial score (nSPS) is 19.9. The third-order valence-corrected chi connectivity index (χ3v) is 5.70. The first-order chi connectivity index (χ1) is 10.9. The maximum absolute atomic E-state index is 11.9. The molecule has 0 aromatic carbocycles. The molecule has 124 valence electrons. The molecule has 7 nitrogen and oxygen atoms in total. The molecule has 0 spiro atoms. The first-order valence-corrected chi connectivity index (χ1v) is 9.47. The van der Waals surface area contributed by atoms with E-state index >= 15 is 0 Å². The van der Waals surface area contributed by atoms with Crippen molar-refractivity contribution < 1.29 is 8.42 Å². The third kappa shape index (κ3) is 3.13. The summed E-state index contributed by atoms with van der Waals surface area (Å²) in [6.07, 6.45) is 8.13. The van der Waals surface area contributed by atoms with Gasteiger partial charge in [-0.05, 0) is 19.8 Å². The maximum atomic E-state index is 11.9. The minimum Gasteiger partial charge on any atom is -0.330 e. The van der Waals surface area contributed by atoms with Crippen LogP contribution >= 0.6 is 0 Å². The minimum absolute atomic E-state index is 0.0531. The number of aryl methyl sites for hydroxylation is 1. The van der Waals surface area contributed by atoms with Gasteiger partial charge in [-0.25, -0.2) is 17.7 Å². The molecule has 1 fully saturated rings. The number of hydrogen-bond acceptors (Lipinski definition) is 5. The molecule has 0 unspecified atom stereocenters.